The van der Waals surface area contributed by atoms with Crippen LogP contribution in [0.5, 0.6) is 0 Å². The molecule has 0 aliphatic carbocycles. The van der Waals surface area contributed by atoms with Crippen LogP contribution in [0.1, 0.15) is 45.2 Å². The normalized spacial score (nSPS) is 19.4. The van der Waals surface area contributed by atoms with Gasteiger partial charge in [0.1, 0.15) is 12.3 Å². The van der Waals surface area contributed by atoms with Crippen molar-refractivity contribution in [1.82, 2.24) is 4.90 Å². The number of Topliss-reactive ketones (excluding diaryl/α,β-unsaturated/α-hetero) is 1. The maximum atomic E-state index is 13.7. The van der Waals surface area contributed by atoms with Crippen LogP contribution in [-0.4, -0.2) is 35.5 Å². The fraction of sp³-hybridized carbons (Fsp3) is 0.400. The first kappa shape index (κ1) is 23.5. The number of halogens is 2. The molecule has 4 nitrogen and oxygen atoms in total. The molecule has 0 radical (unpaired) electrons. The predicted octanol–water partition coefficient (Wildman–Crippen LogP) is 5.23. The van der Waals surface area contributed by atoms with Gasteiger partial charge in [-0.25, -0.2) is 0 Å². The molecule has 31 heavy (non-hydrogen) atoms. The Morgan fingerprint density at radius 2 is 1.32 bits per heavy atom. The van der Waals surface area contributed by atoms with Gasteiger partial charge >= 0.3 is 0 Å². The maximum Gasteiger partial charge on any atom is 0.233 e. The molecule has 6 heteroatoms. The van der Waals surface area contributed by atoms with Gasteiger partial charge in [0, 0.05) is 22.5 Å². The highest BCUT2D eigenvalue weighted by Crippen LogP contribution is 2.37. The Kier molecular flexibility index (Phi) is 6.64. The van der Waals surface area contributed by atoms with E-state index < -0.39 is 22.8 Å². The molecule has 2 aromatic carbocycles. The Morgan fingerprint density at radius 3 is 1.77 bits per heavy atom. The first-order valence-electron chi connectivity index (χ1n) is 10.3. The fourth-order valence-corrected chi connectivity index (χ4v) is 4.50. The summed E-state index contributed by atoms with van der Waals surface area (Å²) in [5, 5.41) is 1.17. The zero-order valence-corrected chi connectivity index (χ0v) is 19.7. The summed E-state index contributed by atoms with van der Waals surface area (Å²) in [4.78, 5) is 40.8. The van der Waals surface area contributed by atoms with Gasteiger partial charge in [0.25, 0.3) is 0 Å². The minimum Gasteiger partial charge on any atom is -0.331 e. The van der Waals surface area contributed by atoms with Gasteiger partial charge in [0.15, 0.2) is 5.78 Å². The minimum atomic E-state index is -0.885. The van der Waals surface area contributed by atoms with E-state index in [1.807, 2.05) is 52.0 Å². The molecule has 0 N–H and O–H groups in total. The summed E-state index contributed by atoms with van der Waals surface area (Å²) in [6.45, 7) is 7.68. The van der Waals surface area contributed by atoms with Crippen LogP contribution in [0.25, 0.3) is 0 Å². The van der Waals surface area contributed by atoms with Gasteiger partial charge in [0.2, 0.25) is 5.91 Å². The summed E-state index contributed by atoms with van der Waals surface area (Å²) in [6, 6.07) is 13.4. The largest absolute Gasteiger partial charge is 0.331 e. The van der Waals surface area contributed by atoms with E-state index in [0.717, 1.165) is 17.4 Å². The number of ketones is 1. The third kappa shape index (κ3) is 4.42. The molecule has 1 heterocycles. The van der Waals surface area contributed by atoms with Crippen molar-refractivity contribution in [1.29, 1.82) is 0 Å². The van der Waals surface area contributed by atoms with E-state index in [9.17, 15) is 14.4 Å². The highest BCUT2D eigenvalue weighted by Gasteiger charge is 2.49. The summed E-state index contributed by atoms with van der Waals surface area (Å²) >= 11 is 12.0. The molecule has 2 unspecified atom stereocenters. The minimum absolute atomic E-state index is 0.148. The number of amides is 1. The Balaban J connectivity index is 1.96. The lowest BCUT2D eigenvalue weighted by atomic mass is 9.75. The number of aldehydes is 1. The standard InChI is InChI=1S/C25H27Cl2NO3/c1-24(2,17-5-9-19(26)10-6-17)22(30)21-16(15-29)13-14-28(21)23(31)25(3,4)18-7-11-20(27)12-8-18/h5-12,15-16,21H,13-14H2,1-4H3. The average Bonchev–Trinajstić information content (AvgIpc) is 3.17. The van der Waals surface area contributed by atoms with Crippen LogP contribution in [0.2, 0.25) is 10.0 Å². The molecule has 2 atom stereocenters. The number of hydrogen-bond donors (Lipinski definition) is 0. The van der Waals surface area contributed by atoms with Crippen LogP contribution < -0.4 is 0 Å². The number of likely N-dealkylation sites (tertiary alicyclic amines) is 1. The van der Waals surface area contributed by atoms with Crippen molar-refractivity contribution in [2.24, 2.45) is 5.92 Å². The van der Waals surface area contributed by atoms with Gasteiger partial charge in [-0.15, -0.1) is 0 Å². The van der Waals surface area contributed by atoms with Crippen LogP contribution in [0.3, 0.4) is 0 Å². The molecule has 164 valence electrons. The van der Waals surface area contributed by atoms with Crippen molar-refractivity contribution < 1.29 is 14.4 Å². The Bertz CT molecular complexity index is 981. The summed E-state index contributed by atoms with van der Waals surface area (Å²) in [7, 11) is 0. The van der Waals surface area contributed by atoms with Gasteiger partial charge in [-0.05, 0) is 69.5 Å². The van der Waals surface area contributed by atoms with E-state index in [0.29, 0.717) is 23.0 Å². The average molecular weight is 460 g/mol. The van der Waals surface area contributed by atoms with Crippen molar-refractivity contribution in [2.45, 2.75) is 51.0 Å². The van der Waals surface area contributed by atoms with Crippen molar-refractivity contribution in [2.75, 3.05) is 6.54 Å². The number of carbonyl (C=O) groups excluding carboxylic acids is 3. The third-order valence-corrected chi connectivity index (χ3v) is 6.94. The number of benzene rings is 2. The second kappa shape index (κ2) is 8.76. The Hall–Kier alpha value is -2.17. The molecular weight excluding hydrogens is 433 g/mol. The van der Waals surface area contributed by atoms with E-state index in [1.54, 1.807) is 29.2 Å². The summed E-state index contributed by atoms with van der Waals surface area (Å²) in [5.74, 6) is -0.849. The predicted molar refractivity (Wildman–Crippen MR) is 124 cm³/mol. The number of nitrogens with zero attached hydrogens (tertiary/aromatic N) is 1. The zero-order valence-electron chi connectivity index (χ0n) is 18.2. The van der Waals surface area contributed by atoms with E-state index >= 15 is 0 Å². The van der Waals surface area contributed by atoms with E-state index in [4.69, 9.17) is 23.2 Å². The number of hydrogen-bond acceptors (Lipinski definition) is 3. The lowest BCUT2D eigenvalue weighted by Gasteiger charge is -2.37. The smallest absolute Gasteiger partial charge is 0.233 e. The van der Waals surface area contributed by atoms with Crippen molar-refractivity contribution in [3.05, 3.63) is 69.7 Å². The number of rotatable bonds is 6. The van der Waals surface area contributed by atoms with Crippen LogP contribution in [0, 0.1) is 5.92 Å². The van der Waals surface area contributed by atoms with Gasteiger partial charge in [0.05, 0.1) is 10.8 Å². The molecule has 1 aliphatic heterocycles. The Labute approximate surface area is 193 Å². The van der Waals surface area contributed by atoms with Gasteiger partial charge in [-0.2, -0.15) is 0 Å². The molecule has 0 aromatic heterocycles. The molecule has 3 rings (SSSR count). The van der Waals surface area contributed by atoms with Crippen molar-refractivity contribution in [3.63, 3.8) is 0 Å². The quantitative estimate of drug-likeness (QED) is 0.555. The molecule has 1 aliphatic rings. The first-order chi connectivity index (χ1) is 14.5. The van der Waals surface area contributed by atoms with Crippen molar-refractivity contribution in [3.8, 4) is 0 Å². The van der Waals surface area contributed by atoms with Crippen molar-refractivity contribution >= 4 is 41.2 Å². The molecule has 0 spiro atoms. The molecule has 0 bridgehead atoms. The van der Waals surface area contributed by atoms with E-state index in [1.165, 1.54) is 0 Å². The highest BCUT2D eigenvalue weighted by molar-refractivity contribution is 6.30. The first-order valence-corrected chi connectivity index (χ1v) is 11.1. The van der Waals surface area contributed by atoms with Crippen LogP contribution in [0.4, 0.5) is 0 Å². The SMILES string of the molecule is CC(C)(C(=O)C1C(C=O)CCN1C(=O)C(C)(C)c1ccc(Cl)cc1)c1ccc(Cl)cc1. The second-order valence-corrected chi connectivity index (χ2v) is 10.0. The lowest BCUT2D eigenvalue weighted by Crippen LogP contribution is -2.53. The van der Waals surface area contributed by atoms with Crippen LogP contribution >= 0.6 is 23.2 Å². The van der Waals surface area contributed by atoms with E-state index in [-0.39, 0.29) is 11.7 Å². The highest BCUT2D eigenvalue weighted by atomic mass is 35.5. The van der Waals surface area contributed by atoms with Gasteiger partial charge in [-0.3, -0.25) is 9.59 Å². The lowest BCUT2D eigenvalue weighted by molar-refractivity contribution is -0.144. The maximum absolute atomic E-state index is 13.7. The molecule has 0 saturated carbocycles. The molecular formula is C25H27Cl2NO3. The zero-order chi connectivity index (χ0) is 23.0. The van der Waals surface area contributed by atoms with Gasteiger partial charge < -0.3 is 9.69 Å². The molecule has 1 amide bonds. The Morgan fingerprint density at radius 1 is 0.871 bits per heavy atom. The van der Waals surface area contributed by atoms with Crippen LogP contribution in [-0.2, 0) is 25.2 Å². The van der Waals surface area contributed by atoms with E-state index in [2.05, 4.69) is 0 Å². The molecule has 1 fully saturated rings. The topological polar surface area (TPSA) is 54.5 Å². The molecule has 2 aromatic rings. The fourth-order valence-electron chi connectivity index (χ4n) is 4.25. The van der Waals surface area contributed by atoms with Gasteiger partial charge in [-0.1, -0.05) is 47.5 Å². The molecule has 1 saturated heterocycles. The monoisotopic (exact) mass is 459 g/mol. The summed E-state index contributed by atoms with van der Waals surface area (Å²) in [5.41, 5.74) is -0.155. The summed E-state index contributed by atoms with van der Waals surface area (Å²) in [6.07, 6.45) is 1.28. The summed E-state index contributed by atoms with van der Waals surface area (Å²) < 4.78 is 0. The number of carbonyl (C=O) groups is 3. The third-order valence-electron chi connectivity index (χ3n) is 6.43. The van der Waals surface area contributed by atoms with Crippen LogP contribution in [0.15, 0.2) is 48.5 Å². The second-order valence-electron chi connectivity index (χ2n) is 9.16.